The largest absolute Gasteiger partial charge is 0.372 e. The van der Waals surface area contributed by atoms with Gasteiger partial charge in [-0.3, -0.25) is 5.10 Å². The molecule has 2 N–H and O–H groups in total. The van der Waals surface area contributed by atoms with Crippen LogP contribution in [0.15, 0.2) is 6.07 Å². The zero-order valence-electron chi connectivity index (χ0n) is 7.35. The highest BCUT2D eigenvalue weighted by atomic mass is 35.5. The summed E-state index contributed by atoms with van der Waals surface area (Å²) in [6, 6.07) is 1.74. The van der Waals surface area contributed by atoms with E-state index in [9.17, 15) is 0 Å². The molecule has 5 heteroatoms. The molecule has 0 unspecified atom stereocenters. The summed E-state index contributed by atoms with van der Waals surface area (Å²) in [4.78, 5) is 4.15. The molecule has 0 fully saturated rings. The van der Waals surface area contributed by atoms with E-state index in [2.05, 4.69) is 20.5 Å². The van der Waals surface area contributed by atoms with Crippen LogP contribution in [0.1, 0.15) is 5.69 Å². The van der Waals surface area contributed by atoms with E-state index in [-0.39, 0.29) is 0 Å². The summed E-state index contributed by atoms with van der Waals surface area (Å²) in [6.45, 7) is 1.95. The van der Waals surface area contributed by atoms with Crippen LogP contribution in [0.5, 0.6) is 0 Å². The number of halogens is 1. The lowest BCUT2D eigenvalue weighted by molar-refractivity contribution is 1.07. The van der Waals surface area contributed by atoms with Crippen LogP contribution in [0.4, 0.5) is 5.82 Å². The summed E-state index contributed by atoms with van der Waals surface area (Å²) in [5.74, 6) is 0.758. The highest BCUT2D eigenvalue weighted by Gasteiger charge is 2.08. The third kappa shape index (κ3) is 1.23. The number of hydrogen-bond donors (Lipinski definition) is 2. The van der Waals surface area contributed by atoms with Crippen LogP contribution in [-0.2, 0) is 0 Å². The van der Waals surface area contributed by atoms with Gasteiger partial charge in [-0.1, -0.05) is 11.6 Å². The molecule has 0 aliphatic rings. The van der Waals surface area contributed by atoms with Crippen molar-refractivity contribution in [3.8, 4) is 0 Å². The van der Waals surface area contributed by atoms with Crippen LogP contribution in [0.3, 0.4) is 0 Å². The second-order valence-corrected chi connectivity index (χ2v) is 3.17. The predicted octanol–water partition coefficient (Wildman–Crippen LogP) is 1.96. The topological polar surface area (TPSA) is 53.6 Å². The number of pyridine rings is 1. The molecule has 2 aromatic rings. The Labute approximate surface area is 80.3 Å². The molecule has 0 atom stereocenters. The summed E-state index contributed by atoms with van der Waals surface area (Å²) >= 11 is 5.81. The average molecular weight is 197 g/mol. The molecule has 0 saturated heterocycles. The number of fused-ring (bicyclic) bond motifs is 1. The van der Waals surface area contributed by atoms with E-state index in [4.69, 9.17) is 11.6 Å². The third-order valence-electron chi connectivity index (χ3n) is 1.92. The van der Waals surface area contributed by atoms with Crippen molar-refractivity contribution in [2.45, 2.75) is 6.92 Å². The number of hydrogen-bond acceptors (Lipinski definition) is 3. The molecular weight excluding hydrogens is 188 g/mol. The highest BCUT2D eigenvalue weighted by molar-refractivity contribution is 6.30. The van der Waals surface area contributed by atoms with Gasteiger partial charge in [0.15, 0.2) is 0 Å². The summed E-state index contributed by atoms with van der Waals surface area (Å²) in [6.07, 6.45) is 0. The molecule has 0 amide bonds. The summed E-state index contributed by atoms with van der Waals surface area (Å²) in [5, 5.41) is 11.4. The summed E-state index contributed by atoms with van der Waals surface area (Å²) < 4.78 is 0. The Morgan fingerprint density at radius 1 is 1.54 bits per heavy atom. The number of aromatic nitrogens is 3. The maximum Gasteiger partial charge on any atom is 0.138 e. The summed E-state index contributed by atoms with van der Waals surface area (Å²) in [5.41, 5.74) is 1.82. The molecule has 2 aromatic heterocycles. The van der Waals surface area contributed by atoms with Gasteiger partial charge in [-0.2, -0.15) is 5.10 Å². The number of aryl methyl sites for hydroxylation is 1. The number of H-pyrrole nitrogens is 1. The maximum absolute atomic E-state index is 5.81. The van der Waals surface area contributed by atoms with Gasteiger partial charge < -0.3 is 5.32 Å². The zero-order chi connectivity index (χ0) is 9.42. The number of rotatable bonds is 1. The van der Waals surface area contributed by atoms with Gasteiger partial charge in [0.1, 0.15) is 11.0 Å². The quantitative estimate of drug-likeness (QED) is 0.686. The normalized spacial score (nSPS) is 10.7. The molecule has 0 aromatic carbocycles. The second-order valence-electron chi connectivity index (χ2n) is 2.79. The molecule has 0 radical (unpaired) electrons. The number of anilines is 1. The van der Waals surface area contributed by atoms with Crippen molar-refractivity contribution in [2.24, 2.45) is 0 Å². The zero-order valence-corrected chi connectivity index (χ0v) is 8.11. The van der Waals surface area contributed by atoms with Crippen molar-refractivity contribution in [3.63, 3.8) is 0 Å². The number of aromatic amines is 1. The molecular formula is C8H9ClN4. The molecule has 2 rings (SSSR count). The number of nitrogens with zero attached hydrogens (tertiary/aromatic N) is 2. The first kappa shape index (κ1) is 8.31. The van der Waals surface area contributed by atoms with Crippen LogP contribution >= 0.6 is 11.6 Å². The minimum atomic E-state index is 0.448. The summed E-state index contributed by atoms with van der Waals surface area (Å²) in [7, 11) is 1.81. The van der Waals surface area contributed by atoms with Gasteiger partial charge in [-0.15, -0.1) is 0 Å². The van der Waals surface area contributed by atoms with E-state index >= 15 is 0 Å². The first-order chi connectivity index (χ1) is 6.22. The van der Waals surface area contributed by atoms with Crippen molar-refractivity contribution >= 4 is 28.3 Å². The van der Waals surface area contributed by atoms with Crippen molar-refractivity contribution in [2.75, 3.05) is 12.4 Å². The van der Waals surface area contributed by atoms with E-state index in [0.29, 0.717) is 5.15 Å². The molecule has 0 saturated carbocycles. The van der Waals surface area contributed by atoms with E-state index < -0.39 is 0 Å². The third-order valence-corrected chi connectivity index (χ3v) is 2.12. The van der Waals surface area contributed by atoms with Gasteiger partial charge in [0.05, 0.1) is 10.9 Å². The highest BCUT2D eigenvalue weighted by Crippen LogP contribution is 2.25. The predicted molar refractivity (Wildman–Crippen MR) is 53.2 cm³/mol. The Morgan fingerprint density at radius 3 is 3.00 bits per heavy atom. The van der Waals surface area contributed by atoms with E-state index in [1.807, 2.05) is 14.0 Å². The minimum Gasteiger partial charge on any atom is -0.372 e. The standard InChI is InChI=1S/C8H9ClN4/c1-4-7-5(13-12-4)3-6(9)11-8(7)10-2/h3H,1-2H3,(H,10,11)(H,12,13). The van der Waals surface area contributed by atoms with Crippen LogP contribution in [0, 0.1) is 6.92 Å². The van der Waals surface area contributed by atoms with Crippen molar-refractivity contribution in [1.29, 1.82) is 0 Å². The van der Waals surface area contributed by atoms with Crippen LogP contribution < -0.4 is 5.32 Å². The van der Waals surface area contributed by atoms with Crippen LogP contribution in [0.25, 0.3) is 10.9 Å². The first-order valence-corrected chi connectivity index (χ1v) is 4.29. The molecule has 68 valence electrons. The van der Waals surface area contributed by atoms with Gasteiger partial charge in [0.25, 0.3) is 0 Å². The molecule has 2 heterocycles. The maximum atomic E-state index is 5.81. The minimum absolute atomic E-state index is 0.448. The fraction of sp³-hybridized carbons (Fsp3) is 0.250. The Kier molecular flexibility index (Phi) is 1.84. The van der Waals surface area contributed by atoms with Gasteiger partial charge >= 0.3 is 0 Å². The molecule has 0 spiro atoms. The lowest BCUT2D eigenvalue weighted by atomic mass is 10.2. The molecule has 0 aliphatic carbocycles. The van der Waals surface area contributed by atoms with E-state index in [0.717, 1.165) is 22.4 Å². The lowest BCUT2D eigenvalue weighted by Gasteiger charge is -2.01. The average Bonchev–Trinajstić information content (AvgIpc) is 2.46. The van der Waals surface area contributed by atoms with E-state index in [1.54, 1.807) is 6.07 Å². The van der Waals surface area contributed by atoms with Gasteiger partial charge in [-0.25, -0.2) is 4.98 Å². The molecule has 0 bridgehead atoms. The van der Waals surface area contributed by atoms with Crippen LogP contribution in [0.2, 0.25) is 5.15 Å². The Bertz CT molecular complexity index is 449. The fourth-order valence-corrected chi connectivity index (χ4v) is 1.53. The monoisotopic (exact) mass is 196 g/mol. The van der Waals surface area contributed by atoms with Crippen LogP contribution in [-0.4, -0.2) is 22.2 Å². The Hall–Kier alpha value is -1.29. The fourth-order valence-electron chi connectivity index (χ4n) is 1.34. The SMILES string of the molecule is CNc1nc(Cl)cc2n[nH]c(C)c12. The van der Waals surface area contributed by atoms with Crippen molar-refractivity contribution < 1.29 is 0 Å². The second kappa shape index (κ2) is 2.88. The van der Waals surface area contributed by atoms with Gasteiger partial charge in [0, 0.05) is 18.8 Å². The number of nitrogens with one attached hydrogen (secondary N) is 2. The molecule has 4 nitrogen and oxygen atoms in total. The Morgan fingerprint density at radius 2 is 2.31 bits per heavy atom. The smallest absolute Gasteiger partial charge is 0.138 e. The molecule has 0 aliphatic heterocycles. The van der Waals surface area contributed by atoms with E-state index in [1.165, 1.54) is 0 Å². The Balaban J connectivity index is 2.85. The van der Waals surface area contributed by atoms with Crippen molar-refractivity contribution in [3.05, 3.63) is 16.9 Å². The first-order valence-electron chi connectivity index (χ1n) is 3.91. The van der Waals surface area contributed by atoms with Gasteiger partial charge in [0.2, 0.25) is 0 Å². The lowest BCUT2D eigenvalue weighted by Crippen LogP contribution is -1.93. The van der Waals surface area contributed by atoms with Crippen molar-refractivity contribution in [1.82, 2.24) is 15.2 Å². The molecule has 13 heavy (non-hydrogen) atoms. The van der Waals surface area contributed by atoms with Gasteiger partial charge in [-0.05, 0) is 6.92 Å².